The number of benzene rings is 2. The van der Waals surface area contributed by atoms with Crippen LogP contribution < -0.4 is 10.6 Å². The van der Waals surface area contributed by atoms with Crippen molar-refractivity contribution in [3.63, 3.8) is 0 Å². The predicted octanol–water partition coefficient (Wildman–Crippen LogP) is 3.57. The summed E-state index contributed by atoms with van der Waals surface area (Å²) in [5, 5.41) is 6.39. The fraction of sp³-hybridized carbons (Fsp3) is 0.176. The molecular formula is C17H17ClN2O3. The molecule has 6 heteroatoms. The first-order chi connectivity index (χ1) is 11.1. The first-order valence-electron chi connectivity index (χ1n) is 7.07. The van der Waals surface area contributed by atoms with E-state index in [0.717, 1.165) is 0 Å². The Hall–Kier alpha value is -2.53. The highest BCUT2D eigenvalue weighted by Crippen LogP contribution is 2.17. The molecule has 0 aliphatic carbocycles. The van der Waals surface area contributed by atoms with Crippen molar-refractivity contribution in [2.75, 3.05) is 24.3 Å². The molecule has 2 aromatic carbocycles. The minimum Gasteiger partial charge on any atom is -0.465 e. The third kappa shape index (κ3) is 5.00. The van der Waals surface area contributed by atoms with Crippen molar-refractivity contribution >= 4 is 34.9 Å². The molecule has 0 saturated heterocycles. The minimum atomic E-state index is -0.420. The van der Waals surface area contributed by atoms with Crippen LogP contribution in [0.25, 0.3) is 0 Å². The highest BCUT2D eigenvalue weighted by atomic mass is 35.5. The van der Waals surface area contributed by atoms with Crippen LogP contribution in [0.15, 0.2) is 48.5 Å². The van der Waals surface area contributed by atoms with E-state index in [1.165, 1.54) is 7.11 Å². The Kier molecular flexibility index (Phi) is 6.00. The first-order valence-corrected chi connectivity index (χ1v) is 7.44. The number of hydrogen-bond acceptors (Lipinski definition) is 4. The van der Waals surface area contributed by atoms with Gasteiger partial charge < -0.3 is 15.4 Å². The summed E-state index contributed by atoms with van der Waals surface area (Å²) in [5.41, 5.74) is 1.72. The molecule has 0 unspecified atom stereocenters. The van der Waals surface area contributed by atoms with Gasteiger partial charge in [0.2, 0.25) is 5.91 Å². The molecule has 0 spiro atoms. The molecule has 0 fully saturated rings. The predicted molar refractivity (Wildman–Crippen MR) is 91.0 cm³/mol. The monoisotopic (exact) mass is 332 g/mol. The van der Waals surface area contributed by atoms with E-state index < -0.39 is 5.97 Å². The molecule has 0 atom stereocenters. The van der Waals surface area contributed by atoms with Crippen molar-refractivity contribution in [2.45, 2.75) is 6.42 Å². The standard InChI is InChI=1S/C17H17ClN2O3/c1-23-17(22)14-7-2-3-8-15(14)19-10-9-16(21)20-13-6-4-5-12(18)11-13/h2-8,11,19H,9-10H2,1H3,(H,20,21). The zero-order chi connectivity index (χ0) is 16.7. The highest BCUT2D eigenvalue weighted by molar-refractivity contribution is 6.30. The minimum absolute atomic E-state index is 0.143. The summed E-state index contributed by atoms with van der Waals surface area (Å²) >= 11 is 5.87. The second kappa shape index (κ2) is 8.19. The largest absolute Gasteiger partial charge is 0.465 e. The number of amides is 1. The SMILES string of the molecule is COC(=O)c1ccccc1NCCC(=O)Nc1cccc(Cl)c1. The number of carbonyl (C=O) groups is 2. The normalized spacial score (nSPS) is 10.0. The van der Waals surface area contributed by atoms with Crippen molar-refractivity contribution in [2.24, 2.45) is 0 Å². The molecule has 23 heavy (non-hydrogen) atoms. The molecule has 0 aromatic heterocycles. The summed E-state index contributed by atoms with van der Waals surface area (Å²) < 4.78 is 4.72. The molecule has 0 radical (unpaired) electrons. The fourth-order valence-electron chi connectivity index (χ4n) is 2.03. The summed E-state index contributed by atoms with van der Waals surface area (Å²) in [7, 11) is 1.33. The van der Waals surface area contributed by atoms with Gasteiger partial charge in [0, 0.05) is 29.4 Å². The van der Waals surface area contributed by atoms with Gasteiger partial charge >= 0.3 is 5.97 Å². The molecule has 120 valence electrons. The van der Waals surface area contributed by atoms with E-state index in [9.17, 15) is 9.59 Å². The van der Waals surface area contributed by atoms with Crippen LogP contribution in [0, 0.1) is 0 Å². The van der Waals surface area contributed by atoms with E-state index in [4.69, 9.17) is 16.3 Å². The summed E-state index contributed by atoms with van der Waals surface area (Å²) in [4.78, 5) is 23.6. The number of para-hydroxylation sites is 1. The van der Waals surface area contributed by atoms with Gasteiger partial charge in [-0.2, -0.15) is 0 Å². The molecular weight excluding hydrogens is 316 g/mol. The zero-order valence-corrected chi connectivity index (χ0v) is 13.4. The highest BCUT2D eigenvalue weighted by Gasteiger charge is 2.11. The quantitative estimate of drug-likeness (QED) is 0.794. The third-order valence-electron chi connectivity index (χ3n) is 3.11. The van der Waals surface area contributed by atoms with Gasteiger partial charge in [0.1, 0.15) is 0 Å². The van der Waals surface area contributed by atoms with Gasteiger partial charge in [-0.05, 0) is 30.3 Å². The molecule has 0 bridgehead atoms. The van der Waals surface area contributed by atoms with E-state index in [2.05, 4.69) is 10.6 Å². The molecule has 2 aromatic rings. The fourth-order valence-corrected chi connectivity index (χ4v) is 2.22. The van der Waals surface area contributed by atoms with E-state index >= 15 is 0 Å². The third-order valence-corrected chi connectivity index (χ3v) is 3.34. The maximum absolute atomic E-state index is 11.9. The van der Waals surface area contributed by atoms with Gasteiger partial charge in [0.05, 0.1) is 12.7 Å². The first kappa shape index (κ1) is 16.8. The van der Waals surface area contributed by atoms with Crippen LogP contribution in [0.1, 0.15) is 16.8 Å². The Balaban J connectivity index is 1.88. The Labute approximate surface area is 139 Å². The Bertz CT molecular complexity index is 704. The number of nitrogens with one attached hydrogen (secondary N) is 2. The van der Waals surface area contributed by atoms with Crippen LogP contribution in [0.5, 0.6) is 0 Å². The number of ether oxygens (including phenoxy) is 1. The van der Waals surface area contributed by atoms with Crippen LogP contribution in [0.3, 0.4) is 0 Å². The number of carbonyl (C=O) groups excluding carboxylic acids is 2. The second-order valence-corrected chi connectivity index (χ2v) is 5.21. The molecule has 0 heterocycles. The Morgan fingerprint density at radius 3 is 2.65 bits per heavy atom. The average molecular weight is 333 g/mol. The lowest BCUT2D eigenvalue weighted by molar-refractivity contribution is -0.115. The number of esters is 1. The van der Waals surface area contributed by atoms with Crippen LogP contribution in [-0.2, 0) is 9.53 Å². The maximum Gasteiger partial charge on any atom is 0.339 e. The van der Waals surface area contributed by atoms with Crippen molar-refractivity contribution in [1.82, 2.24) is 0 Å². The topological polar surface area (TPSA) is 67.4 Å². The van der Waals surface area contributed by atoms with Crippen molar-refractivity contribution in [3.8, 4) is 0 Å². The lowest BCUT2D eigenvalue weighted by atomic mass is 10.2. The molecule has 0 saturated carbocycles. The smallest absolute Gasteiger partial charge is 0.339 e. The second-order valence-electron chi connectivity index (χ2n) is 4.77. The van der Waals surface area contributed by atoms with Crippen molar-refractivity contribution < 1.29 is 14.3 Å². The Morgan fingerprint density at radius 2 is 1.91 bits per heavy atom. The summed E-state index contributed by atoms with van der Waals surface area (Å²) in [5.74, 6) is -0.563. The van der Waals surface area contributed by atoms with Gasteiger partial charge in [0.15, 0.2) is 0 Å². The summed E-state index contributed by atoms with van der Waals surface area (Å²) in [6.07, 6.45) is 0.252. The van der Waals surface area contributed by atoms with E-state index in [-0.39, 0.29) is 12.3 Å². The molecule has 1 amide bonds. The van der Waals surface area contributed by atoms with Gasteiger partial charge in [-0.1, -0.05) is 29.8 Å². The molecule has 5 nitrogen and oxygen atoms in total. The van der Waals surface area contributed by atoms with Crippen LogP contribution in [-0.4, -0.2) is 25.5 Å². The number of halogens is 1. The van der Waals surface area contributed by atoms with Gasteiger partial charge in [0.25, 0.3) is 0 Å². The van der Waals surface area contributed by atoms with Crippen molar-refractivity contribution in [1.29, 1.82) is 0 Å². The van der Waals surface area contributed by atoms with E-state index in [0.29, 0.717) is 28.5 Å². The maximum atomic E-state index is 11.9. The van der Waals surface area contributed by atoms with Gasteiger partial charge in [-0.3, -0.25) is 4.79 Å². The van der Waals surface area contributed by atoms with Crippen LogP contribution in [0.2, 0.25) is 5.02 Å². The number of methoxy groups -OCH3 is 1. The molecule has 2 N–H and O–H groups in total. The Morgan fingerprint density at radius 1 is 1.13 bits per heavy atom. The van der Waals surface area contributed by atoms with Crippen molar-refractivity contribution in [3.05, 3.63) is 59.1 Å². The molecule has 0 aliphatic rings. The number of rotatable bonds is 6. The molecule has 2 rings (SSSR count). The van der Waals surface area contributed by atoms with Gasteiger partial charge in [-0.15, -0.1) is 0 Å². The van der Waals surface area contributed by atoms with E-state index in [1.807, 2.05) is 0 Å². The molecule has 0 aliphatic heterocycles. The number of hydrogen-bond donors (Lipinski definition) is 2. The van der Waals surface area contributed by atoms with E-state index in [1.54, 1.807) is 48.5 Å². The average Bonchev–Trinajstić information content (AvgIpc) is 2.54. The van der Waals surface area contributed by atoms with Crippen LogP contribution in [0.4, 0.5) is 11.4 Å². The zero-order valence-electron chi connectivity index (χ0n) is 12.6. The summed E-state index contributed by atoms with van der Waals surface area (Å²) in [6.45, 7) is 0.389. The van der Waals surface area contributed by atoms with Crippen LogP contribution >= 0.6 is 11.6 Å². The number of anilines is 2. The lowest BCUT2D eigenvalue weighted by Crippen LogP contribution is -2.17. The van der Waals surface area contributed by atoms with Gasteiger partial charge in [-0.25, -0.2) is 4.79 Å². The lowest BCUT2D eigenvalue weighted by Gasteiger charge is -2.11. The summed E-state index contributed by atoms with van der Waals surface area (Å²) in [6, 6.07) is 13.9.